The molecule has 0 bridgehead atoms. The van der Waals surface area contributed by atoms with Crippen molar-refractivity contribution >= 4 is 5.97 Å². The average Bonchev–Trinajstić information content (AvgIpc) is 2.36. The van der Waals surface area contributed by atoms with Gasteiger partial charge in [-0.1, -0.05) is 24.3 Å². The fourth-order valence-electron chi connectivity index (χ4n) is 1.95. The number of nitrogens with zero attached hydrogens (tertiary/aromatic N) is 1. The molecule has 1 aromatic carbocycles. The van der Waals surface area contributed by atoms with Gasteiger partial charge in [-0.25, -0.2) is 4.79 Å². The van der Waals surface area contributed by atoms with Gasteiger partial charge in [0.05, 0.1) is 6.54 Å². The second kappa shape index (κ2) is 5.10. The Morgan fingerprint density at radius 2 is 1.89 bits per heavy atom. The van der Waals surface area contributed by atoms with Crippen molar-refractivity contribution in [3.63, 3.8) is 0 Å². The van der Waals surface area contributed by atoms with E-state index in [0.29, 0.717) is 0 Å². The molecule has 0 radical (unpaired) electrons. The monoisotopic (exact) mass is 257 g/mol. The number of aromatic carboxylic acids is 1. The SMILES string of the molecule is Cc1ccc(Cn2c(C(=O)O)cccc2=O)cc1C. The molecule has 0 aliphatic rings. The van der Waals surface area contributed by atoms with Crippen LogP contribution in [-0.2, 0) is 6.54 Å². The summed E-state index contributed by atoms with van der Waals surface area (Å²) >= 11 is 0. The molecule has 2 rings (SSSR count). The Bertz CT molecular complexity index is 686. The van der Waals surface area contributed by atoms with Crippen LogP contribution in [-0.4, -0.2) is 15.6 Å². The van der Waals surface area contributed by atoms with E-state index in [0.717, 1.165) is 11.1 Å². The van der Waals surface area contributed by atoms with Crippen LogP contribution in [0.3, 0.4) is 0 Å². The smallest absolute Gasteiger partial charge is 0.352 e. The quantitative estimate of drug-likeness (QED) is 0.917. The molecule has 0 atom stereocenters. The van der Waals surface area contributed by atoms with Gasteiger partial charge >= 0.3 is 5.97 Å². The van der Waals surface area contributed by atoms with E-state index in [-0.39, 0.29) is 17.8 Å². The fourth-order valence-corrected chi connectivity index (χ4v) is 1.95. The Balaban J connectivity index is 2.46. The van der Waals surface area contributed by atoms with E-state index in [1.807, 2.05) is 32.0 Å². The molecule has 0 aliphatic heterocycles. The third kappa shape index (κ3) is 2.73. The van der Waals surface area contributed by atoms with E-state index >= 15 is 0 Å². The predicted octanol–water partition coefficient (Wildman–Crippen LogP) is 2.21. The number of benzene rings is 1. The second-order valence-corrected chi connectivity index (χ2v) is 4.56. The van der Waals surface area contributed by atoms with E-state index in [1.165, 1.54) is 28.3 Å². The zero-order valence-electron chi connectivity index (χ0n) is 10.9. The minimum absolute atomic E-state index is 0.00530. The number of aryl methyl sites for hydroxylation is 2. The maximum absolute atomic E-state index is 11.8. The summed E-state index contributed by atoms with van der Waals surface area (Å²) in [5.41, 5.74) is 2.91. The van der Waals surface area contributed by atoms with Gasteiger partial charge in [0.25, 0.3) is 5.56 Å². The van der Waals surface area contributed by atoms with Crippen molar-refractivity contribution in [1.29, 1.82) is 0 Å². The number of carbonyl (C=O) groups is 1. The molecule has 0 amide bonds. The molecule has 0 saturated carbocycles. The Hall–Kier alpha value is -2.36. The predicted molar refractivity (Wildman–Crippen MR) is 72.7 cm³/mol. The van der Waals surface area contributed by atoms with Gasteiger partial charge in [-0.2, -0.15) is 0 Å². The lowest BCUT2D eigenvalue weighted by atomic mass is 10.1. The molecule has 0 spiro atoms. The molecular weight excluding hydrogens is 242 g/mol. The Labute approximate surface area is 110 Å². The summed E-state index contributed by atoms with van der Waals surface area (Å²) in [6.45, 7) is 4.27. The lowest BCUT2D eigenvalue weighted by molar-refractivity contribution is 0.0684. The van der Waals surface area contributed by atoms with Crippen molar-refractivity contribution in [3.05, 3.63) is 69.1 Å². The van der Waals surface area contributed by atoms with Crippen molar-refractivity contribution in [2.24, 2.45) is 0 Å². The first-order chi connectivity index (χ1) is 8.99. The van der Waals surface area contributed by atoms with E-state index in [2.05, 4.69) is 0 Å². The topological polar surface area (TPSA) is 59.3 Å². The first-order valence-electron chi connectivity index (χ1n) is 5.98. The van der Waals surface area contributed by atoms with Gasteiger partial charge < -0.3 is 5.11 Å². The minimum atomic E-state index is -1.10. The average molecular weight is 257 g/mol. The molecule has 4 nitrogen and oxygen atoms in total. The largest absolute Gasteiger partial charge is 0.477 e. The molecule has 2 aromatic rings. The van der Waals surface area contributed by atoms with E-state index in [1.54, 1.807) is 0 Å². The summed E-state index contributed by atoms with van der Waals surface area (Å²) in [4.78, 5) is 22.9. The normalized spacial score (nSPS) is 10.4. The van der Waals surface area contributed by atoms with Crippen LogP contribution in [0.15, 0.2) is 41.2 Å². The molecule has 19 heavy (non-hydrogen) atoms. The molecule has 0 aliphatic carbocycles. The highest BCUT2D eigenvalue weighted by Gasteiger charge is 2.10. The number of hydrogen-bond acceptors (Lipinski definition) is 2. The van der Waals surface area contributed by atoms with Crippen molar-refractivity contribution < 1.29 is 9.90 Å². The van der Waals surface area contributed by atoms with E-state index in [9.17, 15) is 9.59 Å². The van der Waals surface area contributed by atoms with Crippen LogP contribution in [0, 0.1) is 13.8 Å². The van der Waals surface area contributed by atoms with Crippen LogP contribution in [0.5, 0.6) is 0 Å². The Morgan fingerprint density at radius 3 is 2.53 bits per heavy atom. The number of carboxylic acid groups (broad SMARTS) is 1. The van der Waals surface area contributed by atoms with Crippen LogP contribution >= 0.6 is 0 Å². The first-order valence-corrected chi connectivity index (χ1v) is 5.98. The number of rotatable bonds is 3. The van der Waals surface area contributed by atoms with Gasteiger partial charge in [0.2, 0.25) is 0 Å². The molecule has 0 fully saturated rings. The van der Waals surface area contributed by atoms with Crippen molar-refractivity contribution in [2.45, 2.75) is 20.4 Å². The summed E-state index contributed by atoms with van der Waals surface area (Å²) in [6.07, 6.45) is 0. The standard InChI is InChI=1S/C15H15NO3/c1-10-6-7-12(8-11(10)2)9-16-13(15(18)19)4-3-5-14(16)17/h3-8H,9H2,1-2H3,(H,18,19). The zero-order valence-corrected chi connectivity index (χ0v) is 10.9. The lowest BCUT2D eigenvalue weighted by Gasteiger charge is -2.10. The summed E-state index contributed by atoms with van der Waals surface area (Å²) in [7, 11) is 0. The summed E-state index contributed by atoms with van der Waals surface area (Å²) in [5.74, 6) is -1.10. The van der Waals surface area contributed by atoms with Crippen molar-refractivity contribution in [2.75, 3.05) is 0 Å². The third-order valence-electron chi connectivity index (χ3n) is 3.18. The van der Waals surface area contributed by atoms with Crippen LogP contribution in [0.1, 0.15) is 27.2 Å². The molecule has 0 unspecified atom stereocenters. The Kier molecular flexibility index (Phi) is 3.51. The number of aromatic nitrogens is 1. The van der Waals surface area contributed by atoms with E-state index < -0.39 is 5.97 Å². The number of pyridine rings is 1. The van der Waals surface area contributed by atoms with Crippen molar-refractivity contribution in [1.82, 2.24) is 4.57 Å². The molecule has 98 valence electrons. The Morgan fingerprint density at radius 1 is 1.16 bits per heavy atom. The van der Waals surface area contributed by atoms with Gasteiger partial charge in [-0.3, -0.25) is 9.36 Å². The maximum Gasteiger partial charge on any atom is 0.352 e. The second-order valence-electron chi connectivity index (χ2n) is 4.56. The highest BCUT2D eigenvalue weighted by atomic mass is 16.4. The zero-order chi connectivity index (χ0) is 14.0. The molecular formula is C15H15NO3. The lowest BCUT2D eigenvalue weighted by Crippen LogP contribution is -2.25. The maximum atomic E-state index is 11.8. The van der Waals surface area contributed by atoms with Gasteiger partial charge in [-0.15, -0.1) is 0 Å². The molecule has 1 aromatic heterocycles. The number of carboxylic acids is 1. The van der Waals surface area contributed by atoms with Crippen LogP contribution in [0.4, 0.5) is 0 Å². The summed E-state index contributed by atoms with van der Waals surface area (Å²) in [6, 6.07) is 10.1. The highest BCUT2D eigenvalue weighted by Crippen LogP contribution is 2.11. The molecule has 0 saturated heterocycles. The minimum Gasteiger partial charge on any atom is -0.477 e. The summed E-state index contributed by atoms with van der Waals surface area (Å²) in [5, 5.41) is 9.11. The number of hydrogen-bond donors (Lipinski definition) is 1. The van der Waals surface area contributed by atoms with E-state index in [4.69, 9.17) is 5.11 Å². The van der Waals surface area contributed by atoms with Gasteiger partial charge in [0.15, 0.2) is 0 Å². The van der Waals surface area contributed by atoms with Gasteiger partial charge in [0.1, 0.15) is 5.69 Å². The van der Waals surface area contributed by atoms with Gasteiger partial charge in [0, 0.05) is 6.07 Å². The molecule has 4 heteroatoms. The van der Waals surface area contributed by atoms with Crippen LogP contribution in [0.2, 0.25) is 0 Å². The van der Waals surface area contributed by atoms with Crippen molar-refractivity contribution in [3.8, 4) is 0 Å². The van der Waals surface area contributed by atoms with Crippen LogP contribution < -0.4 is 5.56 Å². The first kappa shape index (κ1) is 13.1. The fraction of sp³-hybridized carbons (Fsp3) is 0.200. The molecule has 1 heterocycles. The van der Waals surface area contributed by atoms with Gasteiger partial charge in [-0.05, 0) is 36.6 Å². The third-order valence-corrected chi connectivity index (χ3v) is 3.18. The van der Waals surface area contributed by atoms with Crippen LogP contribution in [0.25, 0.3) is 0 Å². The summed E-state index contributed by atoms with van der Waals surface area (Å²) < 4.78 is 1.27. The molecule has 1 N–H and O–H groups in total. The highest BCUT2D eigenvalue weighted by molar-refractivity contribution is 5.85.